The Morgan fingerprint density at radius 2 is 2.05 bits per heavy atom. The van der Waals surface area contributed by atoms with Gasteiger partial charge in [-0.25, -0.2) is 18.2 Å². The van der Waals surface area contributed by atoms with Crippen LogP contribution in [-0.4, -0.2) is 15.4 Å². The highest BCUT2D eigenvalue weighted by atomic mass is 19.3. The number of nitrogen functional groups attached to an aromatic ring is 1. The number of aliphatic imine (C=N–C) groups is 1. The second-order valence-corrected chi connectivity index (χ2v) is 5.43. The fourth-order valence-corrected chi connectivity index (χ4v) is 2.65. The van der Waals surface area contributed by atoms with Crippen molar-refractivity contribution in [3.8, 4) is 0 Å². The minimum Gasteiger partial charge on any atom is -0.399 e. The molecule has 1 aromatic heterocycles. The van der Waals surface area contributed by atoms with Gasteiger partial charge in [0.25, 0.3) is 6.43 Å². The first-order valence-electron chi connectivity index (χ1n) is 6.56. The Bertz CT molecular complexity index is 768. The second kappa shape index (κ2) is 4.75. The highest BCUT2D eigenvalue weighted by Crippen LogP contribution is 2.35. The zero-order valence-electron chi connectivity index (χ0n) is 11.7. The standard InChI is InChI=1S/C14H14F3N5/c1-14(8-4-7(18)2-3-9(8)15)6-22-5-10(11(16)17)20-13(22)12(19)21-14/h2-5,11H,6,18H2,1H3,(H2,19,21)/t14-/m0/s1. The number of hydrogen-bond donors (Lipinski definition) is 2. The Morgan fingerprint density at radius 1 is 1.32 bits per heavy atom. The molecule has 1 aliphatic heterocycles. The number of hydrogen-bond acceptors (Lipinski definition) is 4. The third-order valence-electron chi connectivity index (χ3n) is 3.66. The summed E-state index contributed by atoms with van der Waals surface area (Å²) in [6, 6.07) is 4.16. The third kappa shape index (κ3) is 2.20. The fourth-order valence-electron chi connectivity index (χ4n) is 2.65. The molecule has 1 aliphatic rings. The van der Waals surface area contributed by atoms with E-state index in [9.17, 15) is 13.2 Å². The van der Waals surface area contributed by atoms with Crippen molar-refractivity contribution in [1.82, 2.24) is 9.55 Å². The molecule has 0 radical (unpaired) electrons. The minimum absolute atomic E-state index is 0.0116. The maximum absolute atomic E-state index is 14.1. The molecular formula is C14H14F3N5. The summed E-state index contributed by atoms with van der Waals surface area (Å²) in [5.74, 6) is -0.328. The SMILES string of the molecule is C[C@@]1(c2cc(N)ccc2F)Cn2cc(C(F)F)nc2C(N)=N1. The molecule has 0 spiro atoms. The summed E-state index contributed by atoms with van der Waals surface area (Å²) in [6.45, 7) is 1.81. The molecule has 3 rings (SSSR count). The number of aromatic nitrogens is 2. The van der Waals surface area contributed by atoms with Gasteiger partial charge in [-0.15, -0.1) is 0 Å². The predicted octanol–water partition coefficient (Wildman–Crippen LogP) is 2.18. The van der Waals surface area contributed by atoms with Crippen molar-refractivity contribution < 1.29 is 13.2 Å². The molecule has 1 atom stereocenters. The number of anilines is 1. The van der Waals surface area contributed by atoms with Crippen molar-refractivity contribution in [1.29, 1.82) is 0 Å². The van der Waals surface area contributed by atoms with Crippen LogP contribution in [0.15, 0.2) is 29.4 Å². The van der Waals surface area contributed by atoms with Crippen LogP contribution in [0.25, 0.3) is 0 Å². The molecule has 2 aromatic rings. The van der Waals surface area contributed by atoms with E-state index in [0.717, 1.165) is 0 Å². The van der Waals surface area contributed by atoms with Gasteiger partial charge in [0.1, 0.15) is 17.1 Å². The van der Waals surface area contributed by atoms with Crippen LogP contribution in [0.4, 0.5) is 18.9 Å². The quantitative estimate of drug-likeness (QED) is 0.834. The average molecular weight is 309 g/mol. The van der Waals surface area contributed by atoms with E-state index in [0.29, 0.717) is 5.69 Å². The van der Waals surface area contributed by atoms with E-state index in [1.165, 1.54) is 29.0 Å². The first kappa shape index (κ1) is 14.4. The summed E-state index contributed by atoms with van der Waals surface area (Å²) in [6.07, 6.45) is -1.49. The first-order chi connectivity index (χ1) is 10.3. The molecule has 8 heteroatoms. The molecule has 0 unspecified atom stereocenters. The number of nitrogens with two attached hydrogens (primary N) is 2. The van der Waals surface area contributed by atoms with Crippen molar-refractivity contribution in [2.45, 2.75) is 25.4 Å². The molecule has 0 saturated heterocycles. The van der Waals surface area contributed by atoms with Crippen molar-refractivity contribution in [2.24, 2.45) is 10.7 Å². The molecule has 0 bridgehead atoms. The van der Waals surface area contributed by atoms with E-state index in [4.69, 9.17) is 11.5 Å². The Morgan fingerprint density at radius 3 is 2.73 bits per heavy atom. The lowest BCUT2D eigenvalue weighted by Gasteiger charge is -2.31. The normalized spacial score (nSPS) is 20.9. The van der Waals surface area contributed by atoms with Crippen LogP contribution in [0.5, 0.6) is 0 Å². The summed E-state index contributed by atoms with van der Waals surface area (Å²) >= 11 is 0. The van der Waals surface area contributed by atoms with Gasteiger partial charge in [-0.2, -0.15) is 0 Å². The Labute approximate surface area is 124 Å². The van der Waals surface area contributed by atoms with Gasteiger partial charge in [-0.05, 0) is 25.1 Å². The topological polar surface area (TPSA) is 82.2 Å². The maximum Gasteiger partial charge on any atom is 0.281 e. The number of amidine groups is 1. The zero-order valence-corrected chi connectivity index (χ0v) is 11.7. The number of imidazole rings is 1. The number of alkyl halides is 2. The largest absolute Gasteiger partial charge is 0.399 e. The zero-order chi connectivity index (χ0) is 16.1. The Hall–Kier alpha value is -2.51. The minimum atomic E-state index is -2.71. The predicted molar refractivity (Wildman–Crippen MR) is 76.1 cm³/mol. The van der Waals surface area contributed by atoms with Crippen molar-refractivity contribution in [3.05, 3.63) is 47.3 Å². The van der Waals surface area contributed by atoms with Crippen LogP contribution in [0, 0.1) is 5.82 Å². The van der Waals surface area contributed by atoms with Crippen LogP contribution in [0.1, 0.15) is 30.4 Å². The third-order valence-corrected chi connectivity index (χ3v) is 3.66. The molecule has 116 valence electrons. The van der Waals surface area contributed by atoms with E-state index in [-0.39, 0.29) is 29.5 Å². The molecular weight excluding hydrogens is 295 g/mol. The molecule has 4 N–H and O–H groups in total. The lowest BCUT2D eigenvalue weighted by atomic mass is 9.90. The van der Waals surface area contributed by atoms with Gasteiger partial charge in [0, 0.05) is 17.4 Å². The van der Waals surface area contributed by atoms with Crippen molar-refractivity contribution in [2.75, 3.05) is 5.73 Å². The van der Waals surface area contributed by atoms with Gasteiger partial charge >= 0.3 is 0 Å². The van der Waals surface area contributed by atoms with Gasteiger partial charge in [0.15, 0.2) is 11.7 Å². The van der Waals surface area contributed by atoms with Gasteiger partial charge < -0.3 is 16.0 Å². The summed E-state index contributed by atoms with van der Waals surface area (Å²) in [5, 5.41) is 0. The highest BCUT2D eigenvalue weighted by Gasteiger charge is 2.36. The summed E-state index contributed by atoms with van der Waals surface area (Å²) in [4.78, 5) is 8.04. The summed E-state index contributed by atoms with van der Waals surface area (Å²) in [5.41, 5.74) is 10.7. The summed E-state index contributed by atoms with van der Waals surface area (Å²) < 4.78 is 41.2. The monoisotopic (exact) mass is 309 g/mol. The molecule has 5 nitrogen and oxygen atoms in total. The van der Waals surface area contributed by atoms with Crippen LogP contribution < -0.4 is 11.5 Å². The molecule has 1 aromatic carbocycles. The van der Waals surface area contributed by atoms with E-state index < -0.39 is 17.8 Å². The molecule has 2 heterocycles. The van der Waals surface area contributed by atoms with E-state index in [1.54, 1.807) is 6.92 Å². The van der Waals surface area contributed by atoms with Gasteiger partial charge in [-0.1, -0.05) is 0 Å². The van der Waals surface area contributed by atoms with Crippen LogP contribution in [-0.2, 0) is 12.1 Å². The van der Waals surface area contributed by atoms with Gasteiger partial charge in [-0.3, -0.25) is 4.99 Å². The van der Waals surface area contributed by atoms with E-state index >= 15 is 0 Å². The molecule has 0 aliphatic carbocycles. The van der Waals surface area contributed by atoms with Gasteiger partial charge in [0.05, 0.1) is 6.54 Å². The molecule has 0 fully saturated rings. The van der Waals surface area contributed by atoms with Crippen molar-refractivity contribution in [3.63, 3.8) is 0 Å². The highest BCUT2D eigenvalue weighted by molar-refractivity contribution is 5.95. The molecule has 0 saturated carbocycles. The number of halogens is 3. The lowest BCUT2D eigenvalue weighted by Crippen LogP contribution is -2.37. The second-order valence-electron chi connectivity index (χ2n) is 5.43. The summed E-state index contributed by atoms with van der Waals surface area (Å²) in [7, 11) is 0. The maximum atomic E-state index is 14.1. The van der Waals surface area contributed by atoms with Crippen LogP contribution in [0.2, 0.25) is 0 Å². The number of benzene rings is 1. The van der Waals surface area contributed by atoms with Crippen molar-refractivity contribution >= 4 is 11.5 Å². The van der Waals surface area contributed by atoms with Crippen LogP contribution >= 0.6 is 0 Å². The first-order valence-corrected chi connectivity index (χ1v) is 6.56. The number of nitrogens with zero attached hydrogens (tertiary/aromatic N) is 3. The average Bonchev–Trinajstić information content (AvgIpc) is 2.85. The number of rotatable bonds is 2. The fraction of sp³-hybridized carbons (Fsp3) is 0.286. The number of fused-ring (bicyclic) bond motifs is 1. The van der Waals surface area contributed by atoms with Crippen LogP contribution in [0.3, 0.4) is 0 Å². The lowest BCUT2D eigenvalue weighted by molar-refractivity contribution is 0.146. The Kier molecular flexibility index (Phi) is 3.12. The van der Waals surface area contributed by atoms with E-state index in [2.05, 4.69) is 9.98 Å². The molecule has 0 amide bonds. The molecule has 22 heavy (non-hydrogen) atoms. The smallest absolute Gasteiger partial charge is 0.281 e. The Balaban J connectivity index is 2.10. The van der Waals surface area contributed by atoms with E-state index in [1.807, 2.05) is 0 Å². The van der Waals surface area contributed by atoms with Gasteiger partial charge in [0.2, 0.25) is 0 Å².